The summed E-state index contributed by atoms with van der Waals surface area (Å²) in [7, 11) is 0. The Balaban J connectivity index is 0.00000162. The van der Waals surface area contributed by atoms with E-state index in [1.807, 2.05) is 0 Å². The molecule has 3 nitrogen and oxygen atoms in total. The van der Waals surface area contributed by atoms with Crippen LogP contribution in [0.4, 0.5) is 22.0 Å². The van der Waals surface area contributed by atoms with Gasteiger partial charge in [0.1, 0.15) is 6.04 Å². The zero-order valence-corrected chi connectivity index (χ0v) is 9.32. The van der Waals surface area contributed by atoms with E-state index >= 15 is 0 Å². The zero-order chi connectivity index (χ0) is 12.8. The van der Waals surface area contributed by atoms with Gasteiger partial charge in [-0.3, -0.25) is 0 Å². The van der Waals surface area contributed by atoms with Gasteiger partial charge in [-0.2, -0.15) is 13.2 Å². The third-order valence-corrected chi connectivity index (χ3v) is 2.14. The number of alkyl halides is 5. The highest BCUT2D eigenvalue weighted by Gasteiger charge is 2.44. The molecule has 0 saturated heterocycles. The lowest BCUT2D eigenvalue weighted by atomic mass is 10.1. The first-order chi connectivity index (χ1) is 7.69. The van der Waals surface area contributed by atoms with Crippen LogP contribution < -0.4 is 15.2 Å². The van der Waals surface area contributed by atoms with Gasteiger partial charge in [-0.1, -0.05) is 6.07 Å². The van der Waals surface area contributed by atoms with Crippen LogP contribution in [0.3, 0.4) is 0 Å². The molecule has 0 aromatic heterocycles. The molecule has 0 unspecified atom stereocenters. The van der Waals surface area contributed by atoms with Gasteiger partial charge in [-0.15, -0.1) is 21.2 Å². The van der Waals surface area contributed by atoms with Gasteiger partial charge >= 0.3 is 12.5 Å². The molecule has 9 heteroatoms. The maximum Gasteiger partial charge on any atom is 0.586 e. The lowest BCUT2D eigenvalue weighted by Gasteiger charge is -2.15. The van der Waals surface area contributed by atoms with Crippen LogP contribution in [-0.2, 0) is 0 Å². The summed E-state index contributed by atoms with van der Waals surface area (Å²) in [6.45, 7) is 0. The highest BCUT2D eigenvalue weighted by atomic mass is 35.5. The second kappa shape index (κ2) is 4.43. The molecule has 1 heterocycles. The van der Waals surface area contributed by atoms with E-state index in [0.717, 1.165) is 18.2 Å². The van der Waals surface area contributed by atoms with Gasteiger partial charge in [-0.25, -0.2) is 0 Å². The maximum atomic E-state index is 12.6. The molecule has 0 spiro atoms. The second-order valence-corrected chi connectivity index (χ2v) is 3.39. The van der Waals surface area contributed by atoms with E-state index in [0.29, 0.717) is 0 Å². The lowest BCUT2D eigenvalue weighted by Crippen LogP contribution is -2.28. The lowest BCUT2D eigenvalue weighted by molar-refractivity contribution is -0.286. The van der Waals surface area contributed by atoms with Gasteiger partial charge in [-0.05, 0) is 17.7 Å². The number of nitrogens with two attached hydrogens (primary N) is 1. The number of fused-ring (bicyclic) bond motifs is 1. The van der Waals surface area contributed by atoms with Crippen molar-refractivity contribution in [3.63, 3.8) is 0 Å². The van der Waals surface area contributed by atoms with Crippen LogP contribution in [-0.4, -0.2) is 12.5 Å². The first-order valence-electron chi connectivity index (χ1n) is 4.41. The number of hydrogen-bond donors (Lipinski definition) is 1. The molecule has 0 amide bonds. The summed E-state index contributed by atoms with van der Waals surface area (Å²) in [4.78, 5) is 0. The summed E-state index contributed by atoms with van der Waals surface area (Å²) in [5.41, 5.74) is 4.55. The van der Waals surface area contributed by atoms with Gasteiger partial charge < -0.3 is 15.2 Å². The number of hydrogen-bond acceptors (Lipinski definition) is 3. The summed E-state index contributed by atoms with van der Waals surface area (Å²) >= 11 is 0. The fourth-order valence-corrected chi connectivity index (χ4v) is 1.35. The maximum absolute atomic E-state index is 12.6. The summed E-state index contributed by atoms with van der Waals surface area (Å²) in [6, 6.07) is 0.443. The van der Waals surface area contributed by atoms with Crippen molar-refractivity contribution in [3.8, 4) is 11.5 Å². The van der Waals surface area contributed by atoms with Crippen molar-refractivity contribution in [1.29, 1.82) is 0 Å². The van der Waals surface area contributed by atoms with Crippen molar-refractivity contribution < 1.29 is 31.4 Å². The van der Waals surface area contributed by atoms with Crippen molar-refractivity contribution in [1.82, 2.24) is 0 Å². The fraction of sp³-hybridized carbons (Fsp3) is 0.333. The average Bonchev–Trinajstić information content (AvgIpc) is 2.47. The van der Waals surface area contributed by atoms with Crippen molar-refractivity contribution in [3.05, 3.63) is 23.8 Å². The van der Waals surface area contributed by atoms with Crippen LogP contribution in [0.1, 0.15) is 11.6 Å². The molecule has 1 aromatic rings. The monoisotopic (exact) mass is 291 g/mol. The van der Waals surface area contributed by atoms with Gasteiger partial charge in [0.2, 0.25) is 0 Å². The number of rotatable bonds is 1. The molecule has 18 heavy (non-hydrogen) atoms. The average molecular weight is 292 g/mol. The van der Waals surface area contributed by atoms with Crippen molar-refractivity contribution in [2.75, 3.05) is 0 Å². The molecule has 1 aliphatic rings. The molecule has 0 fully saturated rings. The molecular weight excluding hydrogens is 285 g/mol. The molecule has 1 aliphatic heterocycles. The summed E-state index contributed by atoms with van der Waals surface area (Å²) < 4.78 is 70.1. The minimum Gasteiger partial charge on any atom is -0.395 e. The molecule has 102 valence electrons. The van der Waals surface area contributed by atoms with Crippen LogP contribution in [0.5, 0.6) is 11.5 Å². The second-order valence-electron chi connectivity index (χ2n) is 3.39. The Morgan fingerprint density at radius 1 is 1.11 bits per heavy atom. The van der Waals surface area contributed by atoms with Crippen LogP contribution in [0.2, 0.25) is 0 Å². The predicted molar refractivity (Wildman–Crippen MR) is 52.9 cm³/mol. The Morgan fingerprint density at radius 2 is 1.67 bits per heavy atom. The predicted octanol–water partition coefficient (Wildman–Crippen LogP) is 2.99. The minimum absolute atomic E-state index is 0. The largest absolute Gasteiger partial charge is 0.586 e. The van der Waals surface area contributed by atoms with Gasteiger partial charge in [0.25, 0.3) is 0 Å². The molecular formula is C9H7ClF5NO2. The number of halogens is 6. The first kappa shape index (κ1) is 14.8. The Kier molecular flexibility index (Phi) is 3.64. The van der Waals surface area contributed by atoms with E-state index in [4.69, 9.17) is 5.73 Å². The minimum atomic E-state index is -4.66. The summed E-state index contributed by atoms with van der Waals surface area (Å²) in [5.74, 6) is -0.791. The summed E-state index contributed by atoms with van der Waals surface area (Å²) in [5, 5.41) is 0. The smallest absolute Gasteiger partial charge is 0.395 e. The van der Waals surface area contributed by atoms with E-state index in [1.165, 1.54) is 0 Å². The first-order valence-corrected chi connectivity index (χ1v) is 4.41. The van der Waals surface area contributed by atoms with Crippen LogP contribution in [0.25, 0.3) is 0 Å². The van der Waals surface area contributed by atoms with Gasteiger partial charge in [0.05, 0.1) is 0 Å². The van der Waals surface area contributed by atoms with Gasteiger partial charge in [0, 0.05) is 0 Å². The fourth-order valence-electron chi connectivity index (χ4n) is 1.35. The number of benzene rings is 1. The van der Waals surface area contributed by atoms with Crippen LogP contribution in [0, 0.1) is 0 Å². The Labute approximate surface area is 104 Å². The highest BCUT2D eigenvalue weighted by Crippen LogP contribution is 2.43. The molecule has 0 radical (unpaired) electrons. The standard InChI is InChI=1S/C9H6F5NO2.ClH/c10-8(11,12)7(15)4-1-2-5-6(3-4)17-9(13,14)16-5;/h1-3,7H,15H2;1H/t7-;/m1./s1. The summed E-state index contributed by atoms with van der Waals surface area (Å²) in [6.07, 6.45) is -8.51. The van der Waals surface area contributed by atoms with Crippen LogP contribution in [0.15, 0.2) is 18.2 Å². The zero-order valence-electron chi connectivity index (χ0n) is 8.50. The van der Waals surface area contributed by atoms with E-state index in [2.05, 4.69) is 9.47 Å². The van der Waals surface area contributed by atoms with Crippen molar-refractivity contribution in [2.45, 2.75) is 18.5 Å². The third kappa shape index (κ3) is 2.75. The van der Waals surface area contributed by atoms with Gasteiger partial charge in [0.15, 0.2) is 11.5 Å². The van der Waals surface area contributed by atoms with Crippen LogP contribution >= 0.6 is 12.4 Å². The van der Waals surface area contributed by atoms with E-state index in [9.17, 15) is 22.0 Å². The quantitative estimate of drug-likeness (QED) is 0.809. The van der Waals surface area contributed by atoms with E-state index in [1.54, 1.807) is 0 Å². The van der Waals surface area contributed by atoms with Crippen molar-refractivity contribution >= 4 is 12.4 Å². The molecule has 0 saturated carbocycles. The van der Waals surface area contributed by atoms with E-state index < -0.39 is 24.3 Å². The van der Waals surface area contributed by atoms with E-state index in [-0.39, 0.29) is 23.7 Å². The Hall–Kier alpha value is -1.28. The van der Waals surface area contributed by atoms with Crippen molar-refractivity contribution in [2.24, 2.45) is 5.73 Å². The molecule has 2 N–H and O–H groups in total. The Morgan fingerprint density at radius 3 is 2.22 bits per heavy atom. The normalized spacial score (nSPS) is 18.1. The third-order valence-electron chi connectivity index (χ3n) is 2.14. The topological polar surface area (TPSA) is 44.5 Å². The molecule has 1 aromatic carbocycles. The molecule has 0 aliphatic carbocycles. The SMILES string of the molecule is Cl.N[C@H](c1ccc2c(c1)OC(F)(F)O2)C(F)(F)F. The Bertz CT molecular complexity index is 451. The number of ether oxygens (including phenoxy) is 2. The molecule has 1 atom stereocenters. The highest BCUT2D eigenvalue weighted by molar-refractivity contribution is 5.85. The molecule has 0 bridgehead atoms. The molecule has 2 rings (SSSR count).